The molecule has 0 amide bonds. The van der Waals surface area contributed by atoms with Crippen molar-refractivity contribution in [3.8, 4) is 5.69 Å². The molecular weight excluding hydrogens is 1170 g/mol. The first kappa shape index (κ1) is 53.5. The molecule has 5 nitrogen and oxygen atoms in total. The average molecular weight is 1230 g/mol. The maximum absolute atomic E-state index is 6.94. The van der Waals surface area contributed by atoms with Gasteiger partial charge in [0, 0.05) is 83.5 Å². The zero-order valence-electron chi connectivity index (χ0n) is 50.0. The van der Waals surface area contributed by atoms with Gasteiger partial charge in [-0.15, -0.1) is 58.0 Å². The highest BCUT2D eigenvalue weighted by molar-refractivity contribution is 8.03. The van der Waals surface area contributed by atoms with Gasteiger partial charge in [0.15, 0.2) is 0 Å². The van der Waals surface area contributed by atoms with E-state index in [4.69, 9.17) is 8.83 Å². The van der Waals surface area contributed by atoms with Crippen molar-refractivity contribution in [2.45, 2.75) is 93.6 Å². The number of furan rings is 2. The lowest BCUT2D eigenvalue weighted by molar-refractivity contribution is 0.587. The number of thiophene rings is 2. The maximum atomic E-state index is 6.94. The zero-order valence-corrected chi connectivity index (χ0v) is 54.1. The highest BCUT2D eigenvalue weighted by Gasteiger charge is 2.35. The lowest BCUT2D eigenvalue weighted by Crippen LogP contribution is -2.26. The molecule has 10 heteroatoms. The predicted octanol–water partition coefficient (Wildman–Crippen LogP) is 24.4. The molecule has 0 radical (unpaired) electrons. The quantitative estimate of drug-likeness (QED) is 0.150. The van der Waals surface area contributed by atoms with Crippen LogP contribution in [0.15, 0.2) is 207 Å². The fourth-order valence-electron chi connectivity index (χ4n) is 14.6. The Hall–Kier alpha value is -7.57. The van der Waals surface area contributed by atoms with Crippen LogP contribution in [0.5, 0.6) is 0 Å². The van der Waals surface area contributed by atoms with E-state index >= 15 is 0 Å². The minimum Gasteiger partial charge on any atom is -0.456 e. The second kappa shape index (κ2) is 20.0. The number of fused-ring (bicyclic) bond motifs is 18. The summed E-state index contributed by atoms with van der Waals surface area (Å²) in [6, 6.07) is 69.5. The van der Waals surface area contributed by atoms with Gasteiger partial charge >= 0.3 is 0 Å². The summed E-state index contributed by atoms with van der Waals surface area (Å²) in [6.07, 6.45) is 6.74. The molecule has 0 spiro atoms. The number of hydrogen-bond acceptors (Lipinski definition) is 9. The lowest BCUT2D eigenvalue weighted by Gasteiger charge is -2.32. The van der Waals surface area contributed by atoms with Crippen LogP contribution in [0.1, 0.15) is 88.3 Å². The fourth-order valence-corrected chi connectivity index (χ4v) is 20.8. The van der Waals surface area contributed by atoms with Gasteiger partial charge in [0.05, 0.1) is 55.0 Å². The molecule has 10 aromatic carbocycles. The molecule has 88 heavy (non-hydrogen) atoms. The number of benzene rings is 10. The smallest absolute Gasteiger partial charge is 0.137 e. The van der Waals surface area contributed by atoms with E-state index in [0.29, 0.717) is 5.25 Å². The average Bonchev–Trinajstić information content (AvgIpc) is 1.75. The fraction of sp³-hybridized carbons (Fsp3) is 0.205. The Balaban J connectivity index is 0.972. The van der Waals surface area contributed by atoms with Crippen LogP contribution >= 0.6 is 58.0 Å². The van der Waals surface area contributed by atoms with Gasteiger partial charge in [-0.2, -0.15) is 0 Å². The van der Waals surface area contributed by atoms with Gasteiger partial charge < -0.3 is 23.2 Å². The largest absolute Gasteiger partial charge is 0.456 e. The maximum Gasteiger partial charge on any atom is 0.137 e. The molecule has 0 bridgehead atoms. The van der Waals surface area contributed by atoms with Gasteiger partial charge in [-0.3, -0.25) is 0 Å². The molecule has 5 aromatic heterocycles. The Bertz CT molecular complexity index is 5420. The number of anilines is 4. The summed E-state index contributed by atoms with van der Waals surface area (Å²) < 4.78 is 21.7. The van der Waals surface area contributed by atoms with Crippen LogP contribution in [0.4, 0.5) is 22.7 Å². The number of aromatic nitrogens is 1. The zero-order chi connectivity index (χ0) is 58.9. The normalized spacial score (nSPS) is 16.6. The van der Waals surface area contributed by atoms with Crippen LogP contribution in [0, 0.1) is 0 Å². The lowest BCUT2D eigenvalue weighted by atomic mass is 9.86. The molecule has 0 N–H and O–H groups in total. The van der Waals surface area contributed by atoms with E-state index in [1.165, 1.54) is 117 Å². The first-order valence-corrected chi connectivity index (χ1v) is 35.5. The number of hydrogen-bond donors (Lipinski definition) is 0. The summed E-state index contributed by atoms with van der Waals surface area (Å²) in [7, 11) is 0. The van der Waals surface area contributed by atoms with Crippen LogP contribution in [-0.4, -0.2) is 21.4 Å². The minimum atomic E-state index is -0.0239. The molecule has 1 saturated heterocycles. The topological polar surface area (TPSA) is 37.7 Å². The summed E-state index contributed by atoms with van der Waals surface area (Å²) >= 11 is 9.97. The van der Waals surface area contributed by atoms with Crippen LogP contribution < -0.4 is 9.80 Å². The summed E-state index contributed by atoms with van der Waals surface area (Å²) in [4.78, 5) is 6.76. The van der Waals surface area contributed by atoms with Gasteiger partial charge in [-0.1, -0.05) is 151 Å². The molecule has 3 aliphatic heterocycles. The van der Waals surface area contributed by atoms with Crippen molar-refractivity contribution in [3.63, 3.8) is 0 Å². The van der Waals surface area contributed by atoms with E-state index in [2.05, 4.69) is 256 Å². The van der Waals surface area contributed by atoms with Crippen LogP contribution in [0.3, 0.4) is 0 Å². The standard InChI is InChI=1S/C78H63N3O2S5/c1-77(2,3)46-31-35-49-61(40-46)82-59-22-13-20-53(69(49)59)80(67-27-15-37-84-67)55-42-57-73(75-71(55)51-18-8-11-25-64(51)87-75)74-58(79(57)48-33-29-44(30-34-48)66-39-45-17-7-10-24-63(45)86-66)43-56(72-52-19-9-12-26-65(52)88-76(72)74)81(68-28-16-38-85-68)54-21-14-23-60-70(54)50-36-32-47(78(4,5)6)41-62(50)83-60/h7-14,17-27,29-36,40-43,66,68H,15-16,28,37-39H2,1-6H3. The highest BCUT2D eigenvalue weighted by atomic mass is 32.2. The third kappa shape index (κ3) is 8.20. The SMILES string of the molecule is CC(C)(C)c1ccc2c(c1)oc1cccc(N(C3=CCCS3)c3cc4c(c5sc6ccccc6c35)c3c5sc6ccccc6c5c(N(c5cccc6oc7cc(C(C)(C)C)ccc7c56)C5CCCS5)cc3n4-c3ccc(C4Cc5ccccc5S4)cc3)c12. The predicted molar refractivity (Wildman–Crippen MR) is 385 cm³/mol. The molecule has 432 valence electrons. The molecule has 2 atom stereocenters. The number of allylic oxidation sites excluding steroid dienone is 1. The third-order valence-electron chi connectivity index (χ3n) is 18.9. The molecule has 2 unspecified atom stereocenters. The van der Waals surface area contributed by atoms with Crippen molar-refractivity contribution in [2.24, 2.45) is 0 Å². The first-order valence-electron chi connectivity index (χ1n) is 31.0. The van der Waals surface area contributed by atoms with Crippen molar-refractivity contribution in [1.82, 2.24) is 4.57 Å². The summed E-state index contributed by atoms with van der Waals surface area (Å²) in [5.41, 5.74) is 17.3. The van der Waals surface area contributed by atoms with Gasteiger partial charge in [-0.05, 0) is 143 Å². The van der Waals surface area contributed by atoms with Crippen molar-refractivity contribution < 1.29 is 8.83 Å². The van der Waals surface area contributed by atoms with Crippen molar-refractivity contribution in [1.29, 1.82) is 0 Å². The first-order chi connectivity index (χ1) is 42.9. The van der Waals surface area contributed by atoms with Crippen molar-refractivity contribution in [3.05, 3.63) is 215 Å². The molecule has 3 aliphatic rings. The summed E-state index contributed by atoms with van der Waals surface area (Å²) in [6.45, 7) is 13.7. The third-order valence-corrected chi connectivity index (χ3v) is 25.1. The Labute approximate surface area is 532 Å². The Morgan fingerprint density at radius 1 is 0.500 bits per heavy atom. The van der Waals surface area contributed by atoms with E-state index in [0.717, 1.165) is 87.1 Å². The number of nitrogens with zero attached hydrogens (tertiary/aromatic N) is 3. The Morgan fingerprint density at radius 2 is 1.09 bits per heavy atom. The van der Waals surface area contributed by atoms with Crippen LogP contribution in [0.25, 0.3) is 112 Å². The van der Waals surface area contributed by atoms with Gasteiger partial charge in [0.2, 0.25) is 0 Å². The van der Waals surface area contributed by atoms with E-state index in [-0.39, 0.29) is 16.2 Å². The summed E-state index contributed by atoms with van der Waals surface area (Å²) in [5, 5.41) is 14.2. The second-order valence-electron chi connectivity index (χ2n) is 26.3. The van der Waals surface area contributed by atoms with Crippen LogP contribution in [-0.2, 0) is 17.3 Å². The van der Waals surface area contributed by atoms with Crippen LogP contribution in [0.2, 0.25) is 0 Å². The molecule has 8 heterocycles. The molecular formula is C78H63N3O2S5. The highest BCUT2D eigenvalue weighted by Crippen LogP contribution is 2.58. The van der Waals surface area contributed by atoms with Gasteiger partial charge in [0.1, 0.15) is 22.3 Å². The van der Waals surface area contributed by atoms with Crippen molar-refractivity contribution >= 4 is 187 Å². The van der Waals surface area contributed by atoms with Gasteiger partial charge in [-0.25, -0.2) is 0 Å². The van der Waals surface area contributed by atoms with E-state index < -0.39 is 0 Å². The molecule has 0 saturated carbocycles. The van der Waals surface area contributed by atoms with Gasteiger partial charge in [0.25, 0.3) is 0 Å². The van der Waals surface area contributed by atoms with E-state index in [1.54, 1.807) is 0 Å². The minimum absolute atomic E-state index is 0.0175. The second-order valence-corrected chi connectivity index (χ2v) is 32.1. The summed E-state index contributed by atoms with van der Waals surface area (Å²) in [5.74, 6) is 2.14. The molecule has 15 aromatic rings. The Morgan fingerprint density at radius 3 is 1.69 bits per heavy atom. The molecule has 0 aliphatic carbocycles. The van der Waals surface area contributed by atoms with E-state index in [1.807, 2.05) is 46.2 Å². The number of thioether (sulfide) groups is 3. The number of rotatable bonds is 8. The monoisotopic (exact) mass is 1230 g/mol. The molecule has 1 fully saturated rings. The van der Waals surface area contributed by atoms with E-state index in [9.17, 15) is 0 Å². The Kier molecular flexibility index (Phi) is 12.1. The van der Waals surface area contributed by atoms with Crippen molar-refractivity contribution in [2.75, 3.05) is 21.3 Å². The molecule has 18 rings (SSSR count).